The van der Waals surface area contributed by atoms with Gasteiger partial charge in [0.25, 0.3) is 5.91 Å². The zero-order valence-corrected chi connectivity index (χ0v) is 11.2. The van der Waals surface area contributed by atoms with Gasteiger partial charge in [0.05, 0.1) is 28.7 Å². The van der Waals surface area contributed by atoms with Crippen molar-refractivity contribution in [3.63, 3.8) is 0 Å². The molecule has 0 saturated heterocycles. The van der Waals surface area contributed by atoms with Crippen LogP contribution in [0.15, 0.2) is 24.4 Å². The van der Waals surface area contributed by atoms with Gasteiger partial charge in [-0.3, -0.25) is 9.89 Å². The van der Waals surface area contributed by atoms with Crippen molar-refractivity contribution >= 4 is 11.6 Å². The Morgan fingerprint density at radius 3 is 2.73 bits per heavy atom. The Morgan fingerprint density at radius 2 is 2.09 bits per heavy atom. The van der Waals surface area contributed by atoms with E-state index in [1.807, 2.05) is 0 Å². The molecule has 22 heavy (non-hydrogen) atoms. The second kappa shape index (κ2) is 5.04. The maximum atomic E-state index is 12.7. The lowest BCUT2D eigenvalue weighted by Crippen LogP contribution is -2.14. The highest BCUT2D eigenvalue weighted by Gasteiger charge is 2.32. The van der Waals surface area contributed by atoms with Gasteiger partial charge in [0, 0.05) is 5.92 Å². The Bertz CT molecular complexity index is 720. The van der Waals surface area contributed by atoms with Crippen molar-refractivity contribution in [2.24, 2.45) is 0 Å². The van der Waals surface area contributed by atoms with Crippen LogP contribution in [0.4, 0.5) is 18.9 Å². The first-order valence-electron chi connectivity index (χ1n) is 6.61. The Hall–Kier alpha value is -2.51. The number of halogens is 3. The molecule has 1 aromatic carbocycles. The average molecular weight is 311 g/mol. The van der Waals surface area contributed by atoms with Crippen molar-refractivity contribution in [1.29, 1.82) is 0 Å². The normalized spacial score (nSPS) is 14.9. The summed E-state index contributed by atoms with van der Waals surface area (Å²) in [5, 5.41) is 18.5. The number of hydrogen-bond donors (Lipinski definition) is 3. The molecule has 1 heterocycles. The van der Waals surface area contributed by atoms with Crippen LogP contribution in [0.25, 0.3) is 0 Å². The summed E-state index contributed by atoms with van der Waals surface area (Å²) in [6, 6.07) is 2.35. The summed E-state index contributed by atoms with van der Waals surface area (Å²) in [5.74, 6) is -0.804. The van der Waals surface area contributed by atoms with Crippen molar-refractivity contribution in [2.45, 2.75) is 24.9 Å². The molecule has 0 atom stereocenters. The van der Waals surface area contributed by atoms with Crippen LogP contribution >= 0.6 is 0 Å². The molecule has 2 aromatic rings. The van der Waals surface area contributed by atoms with Gasteiger partial charge in [-0.15, -0.1) is 0 Å². The smallest absolute Gasteiger partial charge is 0.416 e. The van der Waals surface area contributed by atoms with Gasteiger partial charge >= 0.3 is 6.18 Å². The minimum absolute atomic E-state index is 0.235. The van der Waals surface area contributed by atoms with Crippen LogP contribution in [0.2, 0.25) is 0 Å². The number of nitrogens with zero attached hydrogens (tertiary/aromatic N) is 1. The molecule has 8 heteroatoms. The van der Waals surface area contributed by atoms with Crippen molar-refractivity contribution in [1.82, 2.24) is 10.2 Å². The summed E-state index contributed by atoms with van der Waals surface area (Å²) >= 11 is 0. The minimum Gasteiger partial charge on any atom is -0.506 e. The number of anilines is 1. The number of rotatable bonds is 3. The lowest BCUT2D eigenvalue weighted by atomic mass is 10.1. The molecule has 5 nitrogen and oxygen atoms in total. The van der Waals surface area contributed by atoms with E-state index >= 15 is 0 Å². The number of nitrogens with one attached hydrogen (secondary N) is 2. The maximum Gasteiger partial charge on any atom is 0.416 e. The number of alkyl halides is 3. The highest BCUT2D eigenvalue weighted by atomic mass is 19.4. The van der Waals surface area contributed by atoms with E-state index < -0.39 is 23.4 Å². The number of aromatic nitrogens is 2. The first kappa shape index (κ1) is 14.4. The van der Waals surface area contributed by atoms with Crippen LogP contribution in [0, 0.1) is 0 Å². The van der Waals surface area contributed by atoms with Gasteiger partial charge in [-0.1, -0.05) is 0 Å². The lowest BCUT2D eigenvalue weighted by Gasteiger charge is -2.11. The predicted octanol–water partition coefficient (Wildman–Crippen LogP) is 3.26. The molecule has 0 unspecified atom stereocenters. The Labute approximate surface area is 123 Å². The maximum absolute atomic E-state index is 12.7. The van der Waals surface area contributed by atoms with Gasteiger partial charge < -0.3 is 10.4 Å². The Morgan fingerprint density at radius 1 is 1.36 bits per heavy atom. The fraction of sp³-hybridized carbons (Fsp3) is 0.286. The van der Waals surface area contributed by atoms with Crippen LogP contribution in [0.1, 0.15) is 40.4 Å². The second-order valence-corrected chi connectivity index (χ2v) is 5.16. The Balaban J connectivity index is 1.86. The van der Waals surface area contributed by atoms with Crippen molar-refractivity contribution < 1.29 is 23.1 Å². The molecule has 1 amide bonds. The summed E-state index contributed by atoms with van der Waals surface area (Å²) < 4.78 is 38.0. The molecule has 1 aromatic heterocycles. The summed E-state index contributed by atoms with van der Waals surface area (Å²) in [4.78, 5) is 12.2. The standard InChI is InChI=1S/C14H12F3N3O2/c15-14(16,17)8-3-4-11(21)10(5-8)19-13(22)9-6-18-20-12(9)7-1-2-7/h3-7,21H,1-2H2,(H,18,20)(H,19,22). The fourth-order valence-corrected chi connectivity index (χ4v) is 2.16. The molecule has 0 spiro atoms. The second-order valence-electron chi connectivity index (χ2n) is 5.16. The first-order chi connectivity index (χ1) is 10.4. The SMILES string of the molecule is O=C(Nc1cc(C(F)(F)F)ccc1O)c1cn[nH]c1C1CC1. The predicted molar refractivity (Wildman–Crippen MR) is 71.6 cm³/mol. The third-order valence-electron chi connectivity index (χ3n) is 3.47. The van der Waals surface area contributed by atoms with Crippen LogP contribution < -0.4 is 5.32 Å². The zero-order valence-electron chi connectivity index (χ0n) is 11.2. The van der Waals surface area contributed by atoms with E-state index in [1.54, 1.807) is 0 Å². The molecule has 0 bridgehead atoms. The van der Waals surface area contributed by atoms with Gasteiger partial charge in [0.2, 0.25) is 0 Å². The highest BCUT2D eigenvalue weighted by Crippen LogP contribution is 2.41. The van der Waals surface area contributed by atoms with Gasteiger partial charge in [0.1, 0.15) is 5.75 Å². The molecule has 116 valence electrons. The van der Waals surface area contributed by atoms with Gasteiger partial charge in [-0.05, 0) is 31.0 Å². The number of phenolic OH excluding ortho intramolecular Hbond substituents is 1. The number of aromatic hydroxyl groups is 1. The average Bonchev–Trinajstić information content (AvgIpc) is 3.17. The van der Waals surface area contributed by atoms with E-state index in [4.69, 9.17) is 0 Å². The molecule has 1 aliphatic carbocycles. The lowest BCUT2D eigenvalue weighted by molar-refractivity contribution is -0.137. The number of phenols is 1. The fourth-order valence-electron chi connectivity index (χ4n) is 2.16. The number of benzene rings is 1. The van der Waals surface area contributed by atoms with E-state index in [0.29, 0.717) is 11.8 Å². The van der Waals surface area contributed by atoms with Crippen molar-refractivity contribution in [3.8, 4) is 5.75 Å². The molecule has 1 aliphatic rings. The number of aromatic amines is 1. The van der Waals surface area contributed by atoms with E-state index in [-0.39, 0.29) is 17.2 Å². The molecule has 3 N–H and O–H groups in total. The summed E-state index contributed by atoms with van der Waals surface area (Å²) in [7, 11) is 0. The van der Waals surface area contributed by atoms with Crippen molar-refractivity contribution in [3.05, 3.63) is 41.2 Å². The first-order valence-corrected chi connectivity index (χ1v) is 6.61. The van der Waals surface area contributed by atoms with Crippen LogP contribution in [-0.4, -0.2) is 21.2 Å². The van der Waals surface area contributed by atoms with E-state index in [2.05, 4.69) is 15.5 Å². The number of H-pyrrole nitrogens is 1. The number of carbonyl (C=O) groups excluding carboxylic acids is 1. The summed E-state index contributed by atoms with van der Waals surface area (Å²) in [5.41, 5.74) is -0.291. The third-order valence-corrected chi connectivity index (χ3v) is 3.47. The minimum atomic E-state index is -4.55. The third kappa shape index (κ3) is 2.76. The molecule has 0 radical (unpaired) electrons. The van der Waals surface area contributed by atoms with Crippen molar-refractivity contribution in [2.75, 3.05) is 5.32 Å². The van der Waals surface area contributed by atoms with E-state index in [0.717, 1.165) is 25.0 Å². The highest BCUT2D eigenvalue weighted by molar-refractivity contribution is 6.05. The van der Waals surface area contributed by atoms with Gasteiger partial charge in [-0.25, -0.2) is 0 Å². The number of hydrogen-bond acceptors (Lipinski definition) is 3. The van der Waals surface area contributed by atoms with Crippen LogP contribution in [-0.2, 0) is 6.18 Å². The topological polar surface area (TPSA) is 78.0 Å². The quantitative estimate of drug-likeness (QED) is 0.761. The van der Waals surface area contributed by atoms with Gasteiger partial charge in [-0.2, -0.15) is 18.3 Å². The van der Waals surface area contributed by atoms with Crippen LogP contribution in [0.5, 0.6) is 5.75 Å². The van der Waals surface area contributed by atoms with Crippen LogP contribution in [0.3, 0.4) is 0 Å². The van der Waals surface area contributed by atoms with Gasteiger partial charge in [0.15, 0.2) is 0 Å². The molecule has 3 rings (SSSR count). The largest absolute Gasteiger partial charge is 0.506 e. The molecule has 1 saturated carbocycles. The molecular formula is C14H12F3N3O2. The van der Waals surface area contributed by atoms with E-state index in [9.17, 15) is 23.1 Å². The number of amides is 1. The molecular weight excluding hydrogens is 299 g/mol. The molecule has 1 fully saturated rings. The number of carbonyl (C=O) groups is 1. The summed E-state index contributed by atoms with van der Waals surface area (Å²) in [6.45, 7) is 0. The van der Waals surface area contributed by atoms with E-state index in [1.165, 1.54) is 6.20 Å². The Kier molecular flexibility index (Phi) is 3.31. The zero-order chi connectivity index (χ0) is 15.9. The summed E-state index contributed by atoms with van der Waals surface area (Å²) in [6.07, 6.45) is -1.34. The molecule has 0 aliphatic heterocycles. The monoisotopic (exact) mass is 311 g/mol.